The van der Waals surface area contributed by atoms with Gasteiger partial charge < -0.3 is 4.74 Å². The van der Waals surface area contributed by atoms with Gasteiger partial charge in [0.25, 0.3) is 5.69 Å². The van der Waals surface area contributed by atoms with Crippen LogP contribution in [-0.2, 0) is 4.79 Å². The van der Waals surface area contributed by atoms with Gasteiger partial charge in [-0.1, -0.05) is 0 Å². The van der Waals surface area contributed by atoms with Crippen molar-refractivity contribution in [2.24, 2.45) is 0 Å². The van der Waals surface area contributed by atoms with Gasteiger partial charge >= 0.3 is 5.97 Å². The van der Waals surface area contributed by atoms with Crippen molar-refractivity contribution in [1.29, 1.82) is 0 Å². The van der Waals surface area contributed by atoms with Crippen molar-refractivity contribution in [3.63, 3.8) is 0 Å². The predicted molar refractivity (Wildman–Crippen MR) is 62.0 cm³/mol. The lowest BCUT2D eigenvalue weighted by molar-refractivity contribution is -0.384. The number of hydrogen-bond acceptors (Lipinski definition) is 5. The summed E-state index contributed by atoms with van der Waals surface area (Å²) in [5, 5.41) is 17.0. The normalized spacial score (nSPS) is 10.1. The average Bonchev–Trinajstić information content (AvgIpc) is 2.76. The molecule has 1 aromatic heterocycles. The number of benzene rings is 1. The highest BCUT2D eigenvalue weighted by Gasteiger charge is 2.12. The minimum absolute atomic E-state index is 0.00713. The van der Waals surface area contributed by atoms with Crippen LogP contribution in [-0.4, -0.2) is 21.1 Å². The van der Waals surface area contributed by atoms with Crippen LogP contribution in [0.2, 0.25) is 0 Å². The number of nitrogens with zero attached hydrogens (tertiary/aromatic N) is 2. The van der Waals surface area contributed by atoms with E-state index in [2.05, 4.69) is 10.2 Å². The van der Waals surface area contributed by atoms with E-state index in [9.17, 15) is 14.9 Å². The molecule has 2 aromatic rings. The Balaban J connectivity index is 2.34. The molecule has 0 saturated carbocycles. The second-order valence-corrected chi connectivity index (χ2v) is 3.51. The van der Waals surface area contributed by atoms with E-state index >= 15 is 0 Å². The largest absolute Gasteiger partial charge is 0.423 e. The van der Waals surface area contributed by atoms with Gasteiger partial charge in [-0.25, -0.2) is 0 Å². The van der Waals surface area contributed by atoms with Crippen LogP contribution in [0.25, 0.3) is 11.3 Å². The summed E-state index contributed by atoms with van der Waals surface area (Å²) in [7, 11) is 0. The Morgan fingerprint density at radius 2 is 2.06 bits per heavy atom. The number of aromatic nitrogens is 2. The van der Waals surface area contributed by atoms with Crippen LogP contribution < -0.4 is 4.74 Å². The zero-order chi connectivity index (χ0) is 13.1. The number of non-ortho nitro benzene ring substituents is 1. The summed E-state index contributed by atoms with van der Waals surface area (Å²) in [6.07, 6.45) is 1.37. The number of carbonyl (C=O) groups is 1. The maximum absolute atomic E-state index is 10.9. The van der Waals surface area contributed by atoms with Gasteiger partial charge in [0.05, 0.1) is 11.1 Å². The first-order chi connectivity index (χ1) is 8.58. The Morgan fingerprint density at radius 3 is 2.61 bits per heavy atom. The van der Waals surface area contributed by atoms with E-state index in [4.69, 9.17) is 4.74 Å². The van der Waals surface area contributed by atoms with Crippen molar-refractivity contribution >= 4 is 11.7 Å². The number of H-pyrrole nitrogens is 1. The molecule has 0 saturated heterocycles. The summed E-state index contributed by atoms with van der Waals surface area (Å²) in [6, 6.07) is 5.85. The van der Waals surface area contributed by atoms with E-state index < -0.39 is 10.9 Å². The summed E-state index contributed by atoms with van der Waals surface area (Å²) in [5.41, 5.74) is 1.14. The number of carbonyl (C=O) groups excluding carboxylic acids is 1. The lowest BCUT2D eigenvalue weighted by Crippen LogP contribution is -2.01. The second kappa shape index (κ2) is 4.66. The fraction of sp³-hybridized carbons (Fsp3) is 0.0909. The summed E-state index contributed by atoms with van der Waals surface area (Å²) in [5.74, 6) is -0.170. The summed E-state index contributed by atoms with van der Waals surface area (Å²) in [6.45, 7) is 1.28. The zero-order valence-electron chi connectivity index (χ0n) is 9.41. The van der Waals surface area contributed by atoms with Crippen LogP contribution in [0.1, 0.15) is 6.92 Å². The van der Waals surface area contributed by atoms with Crippen LogP contribution in [0.5, 0.6) is 5.75 Å². The maximum Gasteiger partial charge on any atom is 0.308 e. The lowest BCUT2D eigenvalue weighted by atomic mass is 10.1. The number of rotatable bonds is 3. The molecule has 0 spiro atoms. The standard InChI is InChI=1S/C11H9N3O4/c1-7(15)18-10-6-12-13-11(10)8-2-4-9(5-3-8)14(16)17/h2-6H,1H3,(H,12,13). The third kappa shape index (κ3) is 2.34. The molecule has 92 valence electrons. The smallest absolute Gasteiger partial charge is 0.308 e. The quantitative estimate of drug-likeness (QED) is 0.507. The van der Waals surface area contributed by atoms with E-state index in [-0.39, 0.29) is 11.4 Å². The molecular weight excluding hydrogens is 238 g/mol. The van der Waals surface area contributed by atoms with Crippen molar-refractivity contribution in [1.82, 2.24) is 10.2 Å². The van der Waals surface area contributed by atoms with Gasteiger partial charge in [0.15, 0.2) is 5.75 Å². The molecule has 7 nitrogen and oxygen atoms in total. The van der Waals surface area contributed by atoms with E-state index in [1.807, 2.05) is 0 Å². The fourth-order valence-corrected chi connectivity index (χ4v) is 1.46. The lowest BCUT2D eigenvalue weighted by Gasteiger charge is -2.02. The molecule has 1 heterocycles. The van der Waals surface area contributed by atoms with E-state index in [0.29, 0.717) is 11.3 Å². The van der Waals surface area contributed by atoms with Crippen molar-refractivity contribution in [3.8, 4) is 17.0 Å². The van der Waals surface area contributed by atoms with Gasteiger partial charge in [-0.15, -0.1) is 0 Å². The molecule has 1 aromatic carbocycles. The maximum atomic E-state index is 10.9. The molecule has 0 aliphatic rings. The number of esters is 1. The molecule has 0 atom stereocenters. The van der Waals surface area contributed by atoms with Gasteiger partial charge in [-0.05, 0) is 12.1 Å². The molecule has 0 amide bonds. The number of nitro groups is 1. The molecule has 0 aliphatic carbocycles. The molecule has 2 rings (SSSR count). The van der Waals surface area contributed by atoms with Crippen LogP contribution in [0.3, 0.4) is 0 Å². The van der Waals surface area contributed by atoms with Crippen molar-refractivity contribution in [2.45, 2.75) is 6.92 Å². The number of aromatic amines is 1. The Kier molecular flexibility index (Phi) is 3.05. The Labute approximate surface area is 102 Å². The minimum atomic E-state index is -0.482. The monoisotopic (exact) mass is 247 g/mol. The van der Waals surface area contributed by atoms with Crippen LogP contribution >= 0.6 is 0 Å². The van der Waals surface area contributed by atoms with Crippen LogP contribution in [0.15, 0.2) is 30.5 Å². The van der Waals surface area contributed by atoms with Gasteiger partial charge in [0.2, 0.25) is 0 Å². The highest BCUT2D eigenvalue weighted by Crippen LogP contribution is 2.28. The molecule has 18 heavy (non-hydrogen) atoms. The first kappa shape index (κ1) is 11.8. The minimum Gasteiger partial charge on any atom is -0.423 e. The molecule has 1 N–H and O–H groups in total. The Bertz CT molecular complexity index is 589. The third-order valence-electron chi connectivity index (χ3n) is 2.23. The van der Waals surface area contributed by atoms with Crippen molar-refractivity contribution in [3.05, 3.63) is 40.6 Å². The first-order valence-corrected chi connectivity index (χ1v) is 5.04. The molecule has 0 radical (unpaired) electrons. The number of nitro benzene ring substituents is 1. The third-order valence-corrected chi connectivity index (χ3v) is 2.23. The Morgan fingerprint density at radius 1 is 1.39 bits per heavy atom. The number of nitrogens with one attached hydrogen (secondary N) is 1. The summed E-state index contributed by atoms with van der Waals surface area (Å²) >= 11 is 0. The topological polar surface area (TPSA) is 98.1 Å². The SMILES string of the molecule is CC(=O)Oc1cn[nH]c1-c1ccc([N+](=O)[O-])cc1. The predicted octanol–water partition coefficient (Wildman–Crippen LogP) is 1.91. The molecule has 0 fully saturated rings. The Hall–Kier alpha value is -2.70. The highest BCUT2D eigenvalue weighted by atomic mass is 16.6. The molecule has 0 aliphatic heterocycles. The average molecular weight is 247 g/mol. The molecule has 0 unspecified atom stereocenters. The van der Waals surface area contributed by atoms with Crippen molar-refractivity contribution in [2.75, 3.05) is 0 Å². The highest BCUT2D eigenvalue weighted by molar-refractivity contribution is 5.74. The van der Waals surface area contributed by atoms with Crippen LogP contribution in [0, 0.1) is 10.1 Å². The molecule has 0 bridgehead atoms. The van der Waals surface area contributed by atoms with Gasteiger partial charge in [0.1, 0.15) is 5.69 Å². The van der Waals surface area contributed by atoms with Gasteiger partial charge in [0, 0.05) is 24.6 Å². The number of hydrogen-bond donors (Lipinski definition) is 1. The zero-order valence-corrected chi connectivity index (χ0v) is 9.41. The van der Waals surface area contributed by atoms with Crippen LogP contribution in [0.4, 0.5) is 5.69 Å². The van der Waals surface area contributed by atoms with E-state index in [1.54, 1.807) is 12.1 Å². The van der Waals surface area contributed by atoms with Crippen molar-refractivity contribution < 1.29 is 14.5 Å². The number of ether oxygens (including phenoxy) is 1. The molecular formula is C11H9N3O4. The first-order valence-electron chi connectivity index (χ1n) is 5.04. The fourth-order valence-electron chi connectivity index (χ4n) is 1.46. The summed E-state index contributed by atoms with van der Waals surface area (Å²) in [4.78, 5) is 20.9. The molecule has 7 heteroatoms. The van der Waals surface area contributed by atoms with Gasteiger partial charge in [-0.3, -0.25) is 20.0 Å². The second-order valence-electron chi connectivity index (χ2n) is 3.51. The van der Waals surface area contributed by atoms with E-state index in [1.165, 1.54) is 25.3 Å². The summed E-state index contributed by atoms with van der Waals surface area (Å²) < 4.78 is 4.95. The van der Waals surface area contributed by atoms with Gasteiger partial charge in [-0.2, -0.15) is 5.10 Å². The van der Waals surface area contributed by atoms with E-state index in [0.717, 1.165) is 0 Å².